The number of aliphatic hydroxyl groups excluding tert-OH is 1. The second-order valence-corrected chi connectivity index (χ2v) is 4.56. The molecule has 0 aliphatic heterocycles. The molecule has 0 spiro atoms. The standard InChI is InChI=1S/C12H21N3O2/c1-4-10(8-16)14-11-12(17)15(6-5-13-11)7-9(2)3/h5-6,9-10,16H,4,7-8H2,1-3H3,(H,13,14). The van der Waals surface area contributed by atoms with E-state index in [1.165, 1.54) is 0 Å². The van der Waals surface area contributed by atoms with Gasteiger partial charge in [-0.2, -0.15) is 0 Å². The van der Waals surface area contributed by atoms with Gasteiger partial charge in [-0.05, 0) is 12.3 Å². The van der Waals surface area contributed by atoms with Crippen LogP contribution in [0.25, 0.3) is 0 Å². The fourth-order valence-electron chi connectivity index (χ4n) is 1.55. The van der Waals surface area contributed by atoms with Crippen LogP contribution < -0.4 is 10.9 Å². The Balaban J connectivity index is 2.90. The maximum absolute atomic E-state index is 12.0. The third-order valence-corrected chi connectivity index (χ3v) is 2.53. The first-order valence-electron chi connectivity index (χ1n) is 6.01. The van der Waals surface area contributed by atoms with E-state index in [1.807, 2.05) is 6.92 Å². The molecule has 2 N–H and O–H groups in total. The number of nitrogens with one attached hydrogen (secondary N) is 1. The topological polar surface area (TPSA) is 67.2 Å². The van der Waals surface area contributed by atoms with Crippen molar-refractivity contribution in [2.24, 2.45) is 5.92 Å². The molecule has 96 valence electrons. The van der Waals surface area contributed by atoms with Gasteiger partial charge < -0.3 is 15.0 Å². The molecule has 5 heteroatoms. The van der Waals surface area contributed by atoms with E-state index in [2.05, 4.69) is 24.1 Å². The van der Waals surface area contributed by atoms with Crippen molar-refractivity contribution in [1.82, 2.24) is 9.55 Å². The Morgan fingerprint density at radius 2 is 2.24 bits per heavy atom. The predicted molar refractivity (Wildman–Crippen MR) is 68.1 cm³/mol. The van der Waals surface area contributed by atoms with Crippen LogP contribution in [0.2, 0.25) is 0 Å². The van der Waals surface area contributed by atoms with Gasteiger partial charge in [0.05, 0.1) is 12.6 Å². The molecule has 1 rings (SSSR count). The zero-order valence-electron chi connectivity index (χ0n) is 10.7. The normalized spacial score (nSPS) is 12.8. The van der Waals surface area contributed by atoms with E-state index >= 15 is 0 Å². The molecule has 17 heavy (non-hydrogen) atoms. The van der Waals surface area contributed by atoms with E-state index in [0.717, 1.165) is 6.42 Å². The lowest BCUT2D eigenvalue weighted by atomic mass is 10.2. The minimum absolute atomic E-state index is 0.00328. The van der Waals surface area contributed by atoms with Crippen LogP contribution in [0.1, 0.15) is 27.2 Å². The molecular formula is C12H21N3O2. The minimum atomic E-state index is -0.131. The number of anilines is 1. The third kappa shape index (κ3) is 3.85. The van der Waals surface area contributed by atoms with E-state index < -0.39 is 0 Å². The lowest BCUT2D eigenvalue weighted by molar-refractivity contribution is 0.271. The fraction of sp³-hybridized carbons (Fsp3) is 0.667. The van der Waals surface area contributed by atoms with Crippen LogP contribution in [0.5, 0.6) is 0 Å². The van der Waals surface area contributed by atoms with Gasteiger partial charge in [0.2, 0.25) is 0 Å². The Labute approximate surface area is 102 Å². The lowest BCUT2D eigenvalue weighted by Crippen LogP contribution is -2.31. The maximum Gasteiger partial charge on any atom is 0.293 e. The van der Waals surface area contributed by atoms with Crippen molar-refractivity contribution in [2.75, 3.05) is 11.9 Å². The molecule has 1 aromatic heterocycles. The summed E-state index contributed by atoms with van der Waals surface area (Å²) in [4.78, 5) is 16.1. The highest BCUT2D eigenvalue weighted by Crippen LogP contribution is 2.02. The molecule has 0 fully saturated rings. The van der Waals surface area contributed by atoms with Gasteiger partial charge in [-0.3, -0.25) is 4.79 Å². The Morgan fingerprint density at radius 3 is 2.76 bits per heavy atom. The first-order chi connectivity index (χ1) is 8.08. The number of aliphatic hydroxyl groups is 1. The first-order valence-corrected chi connectivity index (χ1v) is 6.01. The molecule has 5 nitrogen and oxygen atoms in total. The highest BCUT2D eigenvalue weighted by atomic mass is 16.3. The highest BCUT2D eigenvalue weighted by Gasteiger charge is 2.10. The highest BCUT2D eigenvalue weighted by molar-refractivity contribution is 5.32. The summed E-state index contributed by atoms with van der Waals surface area (Å²) in [5.74, 6) is 0.719. The Hall–Kier alpha value is -1.36. The van der Waals surface area contributed by atoms with Crippen molar-refractivity contribution in [3.63, 3.8) is 0 Å². The smallest absolute Gasteiger partial charge is 0.293 e. The Bertz CT molecular complexity index is 397. The monoisotopic (exact) mass is 239 g/mol. The molecule has 0 aliphatic rings. The van der Waals surface area contributed by atoms with Gasteiger partial charge in [-0.25, -0.2) is 4.98 Å². The molecule has 0 aromatic carbocycles. The van der Waals surface area contributed by atoms with Gasteiger partial charge in [-0.1, -0.05) is 20.8 Å². The van der Waals surface area contributed by atoms with Gasteiger partial charge in [0, 0.05) is 18.9 Å². The van der Waals surface area contributed by atoms with Crippen LogP contribution in [0, 0.1) is 5.92 Å². The number of nitrogens with zero attached hydrogens (tertiary/aromatic N) is 2. The molecule has 1 aromatic rings. The van der Waals surface area contributed by atoms with E-state index in [9.17, 15) is 4.79 Å². The predicted octanol–water partition coefficient (Wildman–Crippen LogP) is 1.08. The van der Waals surface area contributed by atoms with Crippen LogP contribution >= 0.6 is 0 Å². The van der Waals surface area contributed by atoms with Crippen LogP contribution in [0.4, 0.5) is 5.82 Å². The average molecular weight is 239 g/mol. The summed E-state index contributed by atoms with van der Waals surface area (Å²) in [6.45, 7) is 6.73. The number of aromatic nitrogens is 2. The number of hydrogen-bond donors (Lipinski definition) is 2. The molecule has 0 bridgehead atoms. The van der Waals surface area contributed by atoms with E-state index in [-0.39, 0.29) is 18.2 Å². The van der Waals surface area contributed by atoms with Crippen LogP contribution in [-0.2, 0) is 6.54 Å². The summed E-state index contributed by atoms with van der Waals surface area (Å²) >= 11 is 0. The molecule has 1 heterocycles. The van der Waals surface area contributed by atoms with Gasteiger partial charge in [0.1, 0.15) is 0 Å². The first kappa shape index (κ1) is 13.7. The van der Waals surface area contributed by atoms with Crippen LogP contribution in [0.3, 0.4) is 0 Å². The zero-order chi connectivity index (χ0) is 12.8. The largest absolute Gasteiger partial charge is 0.394 e. The maximum atomic E-state index is 12.0. The summed E-state index contributed by atoms with van der Waals surface area (Å²) < 4.78 is 1.64. The van der Waals surface area contributed by atoms with Crippen molar-refractivity contribution in [3.8, 4) is 0 Å². The molecule has 0 saturated heterocycles. The van der Waals surface area contributed by atoms with Crippen molar-refractivity contribution in [3.05, 3.63) is 22.7 Å². The SMILES string of the molecule is CCC(CO)Nc1nccn(CC(C)C)c1=O. The van der Waals surface area contributed by atoms with Gasteiger partial charge in [-0.15, -0.1) is 0 Å². The zero-order valence-corrected chi connectivity index (χ0v) is 10.7. The molecule has 0 amide bonds. The number of rotatable bonds is 6. The van der Waals surface area contributed by atoms with Crippen LogP contribution in [-0.4, -0.2) is 27.3 Å². The summed E-state index contributed by atoms with van der Waals surface area (Å²) in [6, 6.07) is -0.120. The van der Waals surface area contributed by atoms with Crippen molar-refractivity contribution >= 4 is 5.82 Å². The Kier molecular flexibility index (Phi) is 5.15. The molecule has 1 unspecified atom stereocenters. The molecule has 0 aliphatic carbocycles. The second-order valence-electron chi connectivity index (χ2n) is 4.56. The summed E-state index contributed by atoms with van der Waals surface area (Å²) in [7, 11) is 0. The second kappa shape index (κ2) is 6.39. The Morgan fingerprint density at radius 1 is 1.53 bits per heavy atom. The summed E-state index contributed by atoms with van der Waals surface area (Å²) in [5.41, 5.74) is -0.131. The lowest BCUT2D eigenvalue weighted by Gasteiger charge is -2.15. The quantitative estimate of drug-likeness (QED) is 0.779. The fourth-order valence-corrected chi connectivity index (χ4v) is 1.55. The summed E-state index contributed by atoms with van der Waals surface area (Å²) in [6.07, 6.45) is 4.04. The third-order valence-electron chi connectivity index (χ3n) is 2.53. The van der Waals surface area contributed by atoms with E-state index in [1.54, 1.807) is 17.0 Å². The molecular weight excluding hydrogens is 218 g/mol. The van der Waals surface area contributed by atoms with E-state index in [0.29, 0.717) is 18.3 Å². The van der Waals surface area contributed by atoms with Crippen molar-refractivity contribution < 1.29 is 5.11 Å². The van der Waals surface area contributed by atoms with E-state index in [4.69, 9.17) is 5.11 Å². The average Bonchev–Trinajstić information content (AvgIpc) is 2.30. The minimum Gasteiger partial charge on any atom is -0.394 e. The van der Waals surface area contributed by atoms with Gasteiger partial charge in [0.15, 0.2) is 5.82 Å². The van der Waals surface area contributed by atoms with Gasteiger partial charge in [0.25, 0.3) is 5.56 Å². The molecule has 1 atom stereocenters. The summed E-state index contributed by atoms with van der Waals surface area (Å²) in [5, 5.41) is 12.1. The number of hydrogen-bond acceptors (Lipinski definition) is 4. The van der Waals surface area contributed by atoms with Crippen molar-refractivity contribution in [2.45, 2.75) is 39.8 Å². The molecule has 0 radical (unpaired) electrons. The molecule has 0 saturated carbocycles. The van der Waals surface area contributed by atoms with Crippen LogP contribution in [0.15, 0.2) is 17.2 Å². The van der Waals surface area contributed by atoms with Gasteiger partial charge >= 0.3 is 0 Å². The van der Waals surface area contributed by atoms with Crippen molar-refractivity contribution in [1.29, 1.82) is 0 Å².